The van der Waals surface area contributed by atoms with Gasteiger partial charge in [0.1, 0.15) is 0 Å². The molecule has 140 valence electrons. The maximum Gasteiger partial charge on any atom is 0.241 e. The molecule has 0 aromatic heterocycles. The topological polar surface area (TPSA) is 92.5 Å². The number of nitrogens with one attached hydrogen (secondary N) is 1. The van der Waals surface area contributed by atoms with Crippen molar-refractivity contribution in [2.24, 2.45) is 5.14 Å². The number of primary sulfonamides is 1. The van der Waals surface area contributed by atoms with Crippen LogP contribution in [0.3, 0.4) is 0 Å². The monoisotopic (exact) mass is 415 g/mol. The zero-order valence-corrected chi connectivity index (χ0v) is 16.6. The number of hydrogen-bond acceptors (Lipinski definition) is 4. The summed E-state index contributed by atoms with van der Waals surface area (Å²) in [6.45, 7) is 2.19. The van der Waals surface area contributed by atoms with Gasteiger partial charge in [0.05, 0.1) is 10.9 Å². The van der Waals surface area contributed by atoms with Crippen LogP contribution in [0.1, 0.15) is 12.5 Å². The third kappa shape index (κ3) is 5.43. The number of carbonyl (C=O) groups excluding carboxylic acids is 1. The maximum atomic E-state index is 12.5. The van der Waals surface area contributed by atoms with Crippen LogP contribution in [0.2, 0.25) is 10.0 Å². The van der Waals surface area contributed by atoms with Crippen molar-refractivity contribution in [3.63, 3.8) is 0 Å². The Bertz CT molecular complexity index is 919. The molecule has 0 spiro atoms. The molecule has 1 amide bonds. The minimum atomic E-state index is -3.83. The van der Waals surface area contributed by atoms with Crippen LogP contribution >= 0.6 is 23.2 Å². The molecular formula is C17H19Cl2N3O3S. The molecule has 0 fully saturated rings. The van der Waals surface area contributed by atoms with Gasteiger partial charge < -0.3 is 5.32 Å². The van der Waals surface area contributed by atoms with Gasteiger partial charge in [-0.3, -0.25) is 9.69 Å². The molecule has 0 aliphatic carbocycles. The minimum absolute atomic E-state index is 0.0655. The van der Waals surface area contributed by atoms with Gasteiger partial charge in [-0.2, -0.15) is 0 Å². The Morgan fingerprint density at radius 1 is 1.23 bits per heavy atom. The fourth-order valence-electron chi connectivity index (χ4n) is 2.25. The highest BCUT2D eigenvalue weighted by molar-refractivity contribution is 7.89. The third-order valence-electron chi connectivity index (χ3n) is 3.91. The van der Waals surface area contributed by atoms with E-state index in [1.807, 2.05) is 4.90 Å². The molecule has 0 aliphatic heterocycles. The molecule has 0 heterocycles. The average Bonchev–Trinajstić information content (AvgIpc) is 2.56. The fourth-order valence-corrected chi connectivity index (χ4v) is 3.28. The molecule has 0 bridgehead atoms. The fraction of sp³-hybridized carbons (Fsp3) is 0.235. The van der Waals surface area contributed by atoms with E-state index in [-0.39, 0.29) is 10.8 Å². The number of sulfonamides is 1. The second-order valence-corrected chi connectivity index (χ2v) is 8.29. The Labute approximate surface area is 162 Å². The molecule has 6 nitrogen and oxygen atoms in total. The van der Waals surface area contributed by atoms with E-state index in [9.17, 15) is 13.2 Å². The first kappa shape index (κ1) is 20.7. The summed E-state index contributed by atoms with van der Waals surface area (Å²) in [5.74, 6) is -0.288. The van der Waals surface area contributed by atoms with Gasteiger partial charge in [0, 0.05) is 22.3 Å². The highest BCUT2D eigenvalue weighted by Gasteiger charge is 2.20. The number of amides is 1. The molecular weight excluding hydrogens is 397 g/mol. The first-order chi connectivity index (χ1) is 12.1. The molecule has 2 aromatic rings. The molecule has 9 heteroatoms. The summed E-state index contributed by atoms with van der Waals surface area (Å²) in [5.41, 5.74) is 1.20. The summed E-state index contributed by atoms with van der Waals surface area (Å²) in [7, 11) is -2.05. The lowest BCUT2D eigenvalue weighted by molar-refractivity contribution is -0.120. The number of halogens is 2. The van der Waals surface area contributed by atoms with E-state index in [1.54, 1.807) is 38.2 Å². The SMILES string of the molecule is C[C@H](C(=O)Nc1cccc(S(N)(=O)=O)c1)N(C)Cc1ccc(Cl)cc1Cl. The lowest BCUT2D eigenvalue weighted by Crippen LogP contribution is -2.39. The van der Waals surface area contributed by atoms with Crippen molar-refractivity contribution in [3.05, 3.63) is 58.1 Å². The van der Waals surface area contributed by atoms with Crippen molar-refractivity contribution in [1.82, 2.24) is 4.90 Å². The zero-order chi connectivity index (χ0) is 19.5. The quantitative estimate of drug-likeness (QED) is 0.757. The number of anilines is 1. The lowest BCUT2D eigenvalue weighted by atomic mass is 10.2. The molecule has 0 saturated heterocycles. The van der Waals surface area contributed by atoms with Crippen molar-refractivity contribution >= 4 is 44.8 Å². The number of benzene rings is 2. The van der Waals surface area contributed by atoms with Crippen molar-refractivity contribution in [1.29, 1.82) is 0 Å². The number of likely N-dealkylation sites (N-methyl/N-ethyl adjacent to an activating group) is 1. The summed E-state index contributed by atoms with van der Waals surface area (Å²) in [6.07, 6.45) is 0. The molecule has 0 radical (unpaired) electrons. The van der Waals surface area contributed by atoms with Crippen molar-refractivity contribution < 1.29 is 13.2 Å². The van der Waals surface area contributed by atoms with Gasteiger partial charge in [-0.1, -0.05) is 35.3 Å². The van der Waals surface area contributed by atoms with Crippen molar-refractivity contribution in [2.45, 2.75) is 24.4 Å². The van der Waals surface area contributed by atoms with Crippen LogP contribution < -0.4 is 10.5 Å². The Kier molecular flexibility index (Phi) is 6.65. The van der Waals surface area contributed by atoms with Gasteiger partial charge in [0.15, 0.2) is 0 Å². The van der Waals surface area contributed by atoms with Crippen LogP contribution in [-0.4, -0.2) is 32.3 Å². The molecule has 1 atom stereocenters. The Hall–Kier alpha value is -1.64. The van der Waals surface area contributed by atoms with Crippen LogP contribution in [0.5, 0.6) is 0 Å². The second kappa shape index (κ2) is 8.37. The Morgan fingerprint density at radius 2 is 1.92 bits per heavy atom. The summed E-state index contributed by atoms with van der Waals surface area (Å²) >= 11 is 12.1. The van der Waals surface area contributed by atoms with E-state index < -0.39 is 16.1 Å². The van der Waals surface area contributed by atoms with Crippen LogP contribution in [0.4, 0.5) is 5.69 Å². The molecule has 0 aliphatic rings. The van der Waals surface area contributed by atoms with Crippen molar-refractivity contribution in [3.8, 4) is 0 Å². The predicted octanol–water partition coefficient (Wildman–Crippen LogP) is 3.10. The van der Waals surface area contributed by atoms with E-state index in [4.69, 9.17) is 28.3 Å². The van der Waals surface area contributed by atoms with Crippen LogP contribution in [0.25, 0.3) is 0 Å². The number of carbonyl (C=O) groups is 1. The van der Waals surface area contributed by atoms with E-state index in [0.29, 0.717) is 22.3 Å². The highest BCUT2D eigenvalue weighted by atomic mass is 35.5. The van der Waals surface area contributed by atoms with E-state index in [1.165, 1.54) is 18.2 Å². The standard InChI is InChI=1S/C17H19Cl2N3O3S/c1-11(22(2)10-12-6-7-13(18)8-16(12)19)17(23)21-14-4-3-5-15(9-14)26(20,24)25/h3-9,11H,10H2,1-2H3,(H,21,23)(H2,20,24,25)/t11-/m1/s1. The smallest absolute Gasteiger partial charge is 0.241 e. The van der Waals surface area contributed by atoms with E-state index >= 15 is 0 Å². The second-order valence-electron chi connectivity index (χ2n) is 5.89. The third-order valence-corrected chi connectivity index (χ3v) is 5.40. The summed E-state index contributed by atoms with van der Waals surface area (Å²) in [5, 5.41) is 8.86. The maximum absolute atomic E-state index is 12.5. The first-order valence-electron chi connectivity index (χ1n) is 7.66. The lowest BCUT2D eigenvalue weighted by Gasteiger charge is -2.24. The number of nitrogens with two attached hydrogens (primary N) is 1. The minimum Gasteiger partial charge on any atom is -0.325 e. The molecule has 2 aromatic carbocycles. The van der Waals surface area contributed by atoms with Gasteiger partial charge in [-0.15, -0.1) is 0 Å². The Morgan fingerprint density at radius 3 is 2.54 bits per heavy atom. The number of rotatable bonds is 6. The van der Waals surface area contributed by atoms with Gasteiger partial charge in [0.25, 0.3) is 0 Å². The number of nitrogens with zero attached hydrogens (tertiary/aromatic N) is 1. The molecule has 2 rings (SSSR count). The van der Waals surface area contributed by atoms with Crippen LogP contribution in [0, 0.1) is 0 Å². The number of hydrogen-bond donors (Lipinski definition) is 2. The van der Waals surface area contributed by atoms with E-state index in [0.717, 1.165) is 5.56 Å². The highest BCUT2D eigenvalue weighted by Crippen LogP contribution is 2.23. The van der Waals surface area contributed by atoms with E-state index in [2.05, 4.69) is 5.32 Å². The van der Waals surface area contributed by atoms with Crippen molar-refractivity contribution in [2.75, 3.05) is 12.4 Å². The average molecular weight is 416 g/mol. The molecule has 0 unspecified atom stereocenters. The summed E-state index contributed by atoms with van der Waals surface area (Å²) in [6, 6.07) is 10.5. The normalized spacial score (nSPS) is 12.8. The van der Waals surface area contributed by atoms with Gasteiger partial charge in [-0.25, -0.2) is 13.6 Å². The van der Waals surface area contributed by atoms with Crippen LogP contribution in [-0.2, 0) is 21.4 Å². The van der Waals surface area contributed by atoms with Gasteiger partial charge in [0.2, 0.25) is 15.9 Å². The largest absolute Gasteiger partial charge is 0.325 e. The summed E-state index contributed by atoms with van der Waals surface area (Å²) < 4.78 is 22.8. The van der Waals surface area contributed by atoms with Crippen LogP contribution in [0.15, 0.2) is 47.4 Å². The summed E-state index contributed by atoms with van der Waals surface area (Å²) in [4.78, 5) is 14.2. The Balaban J connectivity index is 2.07. The molecule has 3 N–H and O–H groups in total. The predicted molar refractivity (Wildman–Crippen MR) is 104 cm³/mol. The first-order valence-corrected chi connectivity index (χ1v) is 9.96. The molecule has 26 heavy (non-hydrogen) atoms. The molecule has 0 saturated carbocycles. The van der Waals surface area contributed by atoms with Gasteiger partial charge >= 0.3 is 0 Å². The van der Waals surface area contributed by atoms with Gasteiger partial charge in [-0.05, 0) is 49.9 Å². The zero-order valence-electron chi connectivity index (χ0n) is 14.2.